The highest BCUT2D eigenvalue weighted by Crippen LogP contribution is 2.31. The minimum absolute atomic E-state index is 0.00296. The largest absolute Gasteiger partial charge is 0.444 e. The van der Waals surface area contributed by atoms with Gasteiger partial charge < -0.3 is 15.4 Å². The van der Waals surface area contributed by atoms with E-state index in [2.05, 4.69) is 0 Å². The molecule has 0 spiro atoms. The predicted octanol–water partition coefficient (Wildman–Crippen LogP) is 3.74. The molecule has 2 atom stereocenters. The number of halogens is 2. The first-order valence-electron chi connectivity index (χ1n) is 7.36. The predicted molar refractivity (Wildman–Crippen MR) is 84.3 cm³/mol. The summed E-state index contributed by atoms with van der Waals surface area (Å²) in [6.45, 7) is 6.52. The molecule has 1 amide bonds. The normalized spacial score (nSPS) is 20.1. The molecule has 1 aromatic carbocycles. The molecule has 0 aliphatic carbocycles. The molecule has 1 saturated heterocycles. The standard InChI is InChI=1S/C16H22ClFN2O2/c1-16(2,3)22-15(21)20-7-6-10(9-20)14(19)12-5-4-11(17)8-13(12)18/h4-5,8,10,14H,6-7,9,19H2,1-3H3. The highest BCUT2D eigenvalue weighted by molar-refractivity contribution is 6.30. The van der Waals surface area contributed by atoms with E-state index in [1.54, 1.807) is 17.0 Å². The number of ether oxygens (including phenoxy) is 1. The van der Waals surface area contributed by atoms with Gasteiger partial charge in [0, 0.05) is 29.7 Å². The second kappa shape index (κ2) is 6.42. The van der Waals surface area contributed by atoms with E-state index >= 15 is 0 Å². The summed E-state index contributed by atoms with van der Waals surface area (Å²) in [5.74, 6) is -0.404. The van der Waals surface area contributed by atoms with Crippen molar-refractivity contribution in [1.82, 2.24) is 4.90 Å². The van der Waals surface area contributed by atoms with E-state index < -0.39 is 17.5 Å². The Hall–Kier alpha value is -1.33. The Kier molecular flexibility index (Phi) is 4.97. The van der Waals surface area contributed by atoms with Gasteiger partial charge in [0.15, 0.2) is 0 Å². The Morgan fingerprint density at radius 2 is 2.18 bits per heavy atom. The van der Waals surface area contributed by atoms with Crippen LogP contribution in [0.25, 0.3) is 0 Å². The molecule has 1 aliphatic heterocycles. The Labute approximate surface area is 135 Å². The van der Waals surface area contributed by atoms with Gasteiger partial charge in [-0.3, -0.25) is 0 Å². The number of carbonyl (C=O) groups is 1. The lowest BCUT2D eigenvalue weighted by Gasteiger charge is -2.25. The van der Waals surface area contributed by atoms with Crippen LogP contribution in [0.3, 0.4) is 0 Å². The monoisotopic (exact) mass is 328 g/mol. The van der Waals surface area contributed by atoms with Gasteiger partial charge in [0.25, 0.3) is 0 Å². The second-order valence-electron chi connectivity index (χ2n) is 6.67. The molecule has 2 unspecified atom stereocenters. The molecule has 2 N–H and O–H groups in total. The van der Waals surface area contributed by atoms with Gasteiger partial charge in [0.2, 0.25) is 0 Å². The Morgan fingerprint density at radius 3 is 2.77 bits per heavy atom. The highest BCUT2D eigenvalue weighted by Gasteiger charge is 2.34. The summed E-state index contributed by atoms with van der Waals surface area (Å²) < 4.78 is 19.3. The number of nitrogens with two attached hydrogens (primary N) is 1. The van der Waals surface area contributed by atoms with Gasteiger partial charge >= 0.3 is 6.09 Å². The minimum atomic E-state index is -0.528. The van der Waals surface area contributed by atoms with E-state index in [-0.39, 0.29) is 12.0 Å². The van der Waals surface area contributed by atoms with Crippen LogP contribution in [0.1, 0.15) is 38.8 Å². The third-order valence-corrected chi connectivity index (χ3v) is 3.94. The molecule has 1 fully saturated rings. The van der Waals surface area contributed by atoms with Crippen LogP contribution >= 0.6 is 11.6 Å². The smallest absolute Gasteiger partial charge is 0.410 e. The van der Waals surface area contributed by atoms with Gasteiger partial charge in [-0.2, -0.15) is 0 Å². The molecule has 1 aromatic rings. The molecule has 2 rings (SSSR count). The van der Waals surface area contributed by atoms with Crippen molar-refractivity contribution in [2.75, 3.05) is 13.1 Å². The highest BCUT2D eigenvalue weighted by atomic mass is 35.5. The zero-order chi connectivity index (χ0) is 16.5. The quantitative estimate of drug-likeness (QED) is 0.899. The van der Waals surface area contributed by atoms with E-state index in [4.69, 9.17) is 22.1 Å². The van der Waals surface area contributed by atoms with Crippen LogP contribution in [0.15, 0.2) is 18.2 Å². The maximum absolute atomic E-state index is 14.0. The van der Waals surface area contributed by atoms with Crippen LogP contribution in [-0.2, 0) is 4.74 Å². The first-order valence-corrected chi connectivity index (χ1v) is 7.73. The van der Waals surface area contributed by atoms with E-state index in [1.807, 2.05) is 20.8 Å². The van der Waals surface area contributed by atoms with E-state index in [1.165, 1.54) is 6.07 Å². The van der Waals surface area contributed by atoms with Gasteiger partial charge in [0.05, 0.1) is 0 Å². The van der Waals surface area contributed by atoms with E-state index in [0.717, 1.165) is 6.42 Å². The Morgan fingerprint density at radius 1 is 1.50 bits per heavy atom. The average Bonchev–Trinajstić information content (AvgIpc) is 2.85. The summed E-state index contributed by atoms with van der Waals surface area (Å²) in [5, 5.41) is 0.343. The molecule has 0 saturated carbocycles. The van der Waals surface area contributed by atoms with Crippen LogP contribution in [0.4, 0.5) is 9.18 Å². The summed E-state index contributed by atoms with van der Waals surface area (Å²) in [7, 11) is 0. The second-order valence-corrected chi connectivity index (χ2v) is 7.10. The number of hydrogen-bond donors (Lipinski definition) is 1. The first kappa shape index (κ1) is 17.0. The number of carbonyl (C=O) groups excluding carboxylic acids is 1. The molecular weight excluding hydrogens is 307 g/mol. The van der Waals surface area contributed by atoms with Crippen molar-refractivity contribution in [3.8, 4) is 0 Å². The van der Waals surface area contributed by atoms with Crippen molar-refractivity contribution in [2.24, 2.45) is 11.7 Å². The fourth-order valence-corrected chi connectivity index (χ4v) is 2.76. The van der Waals surface area contributed by atoms with Crippen LogP contribution in [0.5, 0.6) is 0 Å². The lowest BCUT2D eigenvalue weighted by Crippen LogP contribution is -2.36. The van der Waals surface area contributed by atoms with Crippen molar-refractivity contribution in [2.45, 2.75) is 38.8 Å². The molecule has 0 bridgehead atoms. The summed E-state index contributed by atoms with van der Waals surface area (Å²) >= 11 is 5.76. The summed E-state index contributed by atoms with van der Waals surface area (Å²) in [4.78, 5) is 13.7. The zero-order valence-corrected chi connectivity index (χ0v) is 13.9. The average molecular weight is 329 g/mol. The number of likely N-dealkylation sites (tertiary alicyclic amines) is 1. The topological polar surface area (TPSA) is 55.6 Å². The zero-order valence-electron chi connectivity index (χ0n) is 13.1. The third-order valence-electron chi connectivity index (χ3n) is 3.71. The van der Waals surface area contributed by atoms with Crippen LogP contribution in [0, 0.1) is 11.7 Å². The van der Waals surface area contributed by atoms with E-state index in [0.29, 0.717) is 23.7 Å². The number of rotatable bonds is 2. The first-order chi connectivity index (χ1) is 10.2. The molecule has 4 nitrogen and oxygen atoms in total. The lowest BCUT2D eigenvalue weighted by atomic mass is 9.93. The number of amides is 1. The molecule has 6 heteroatoms. The summed E-state index contributed by atoms with van der Waals surface area (Å²) in [6, 6.07) is 4.03. The van der Waals surface area contributed by atoms with Gasteiger partial charge in [-0.05, 0) is 45.2 Å². The molecule has 0 radical (unpaired) electrons. The summed E-state index contributed by atoms with van der Waals surface area (Å²) in [5.41, 5.74) is 6.08. The van der Waals surface area contributed by atoms with Gasteiger partial charge in [-0.15, -0.1) is 0 Å². The van der Waals surface area contributed by atoms with Gasteiger partial charge in [-0.1, -0.05) is 17.7 Å². The Balaban J connectivity index is 2.02. The van der Waals surface area contributed by atoms with E-state index in [9.17, 15) is 9.18 Å². The molecular formula is C16H22ClFN2O2. The third kappa shape index (κ3) is 4.11. The summed E-state index contributed by atoms with van der Waals surface area (Å²) in [6.07, 6.45) is 0.376. The molecule has 22 heavy (non-hydrogen) atoms. The molecule has 0 aromatic heterocycles. The van der Waals surface area contributed by atoms with Crippen molar-refractivity contribution >= 4 is 17.7 Å². The van der Waals surface area contributed by atoms with Crippen LogP contribution in [-0.4, -0.2) is 29.7 Å². The fraction of sp³-hybridized carbons (Fsp3) is 0.562. The van der Waals surface area contributed by atoms with Crippen molar-refractivity contribution < 1.29 is 13.9 Å². The lowest BCUT2D eigenvalue weighted by molar-refractivity contribution is 0.0286. The van der Waals surface area contributed by atoms with Crippen molar-refractivity contribution in [3.63, 3.8) is 0 Å². The fourth-order valence-electron chi connectivity index (χ4n) is 2.60. The number of hydrogen-bond acceptors (Lipinski definition) is 3. The SMILES string of the molecule is CC(C)(C)OC(=O)N1CCC(C(N)c2ccc(Cl)cc2F)C1. The maximum Gasteiger partial charge on any atom is 0.410 e. The number of nitrogens with zero attached hydrogens (tertiary/aromatic N) is 1. The maximum atomic E-state index is 14.0. The van der Waals surface area contributed by atoms with Crippen LogP contribution < -0.4 is 5.73 Å². The molecule has 1 aliphatic rings. The van der Waals surface area contributed by atoms with Gasteiger partial charge in [-0.25, -0.2) is 9.18 Å². The van der Waals surface area contributed by atoms with Crippen LogP contribution in [0.2, 0.25) is 5.02 Å². The molecule has 1 heterocycles. The molecule has 122 valence electrons. The van der Waals surface area contributed by atoms with Gasteiger partial charge in [0.1, 0.15) is 11.4 Å². The van der Waals surface area contributed by atoms with Crippen molar-refractivity contribution in [1.29, 1.82) is 0 Å². The minimum Gasteiger partial charge on any atom is -0.444 e. The van der Waals surface area contributed by atoms with Crippen molar-refractivity contribution in [3.05, 3.63) is 34.6 Å². The Bertz CT molecular complexity index is 560. The number of benzene rings is 1.